The summed E-state index contributed by atoms with van der Waals surface area (Å²) in [7, 11) is 0. The van der Waals surface area contributed by atoms with Crippen molar-refractivity contribution in [2.45, 2.75) is 90.6 Å². The summed E-state index contributed by atoms with van der Waals surface area (Å²) in [5.74, 6) is -1.10. The summed E-state index contributed by atoms with van der Waals surface area (Å²) >= 11 is 0.769. The van der Waals surface area contributed by atoms with Crippen LogP contribution in [-0.4, -0.2) is 41.8 Å². The standard InChI is InChI=1S/C34H39F3N2O5S/c1-32(2,3)43-28(40)20-26(38-31(42)44-33(4,5)6)30(41)39-17-16-23-18-21(13-15-27(23)39)12-14-24-19-25(22-10-8-7-9-11-22)29(45-24)34(35,36)37/h7-11,13,15,18-19,26H,12,14,16-17,20H2,1-6H3,(H,38,42)/t26-/m1/s1. The SMILES string of the molecule is CC(C)(C)OC(=O)C[C@@H](NC(=O)OC(C)(C)C)C(=O)N1CCc2cc(CCc3cc(-c4ccccc4)c(C(F)(F)F)s3)ccc21. The van der Waals surface area contributed by atoms with E-state index in [1.54, 1.807) is 84.0 Å². The lowest BCUT2D eigenvalue weighted by Gasteiger charge is -2.27. The van der Waals surface area contributed by atoms with E-state index in [2.05, 4.69) is 5.32 Å². The Balaban J connectivity index is 1.49. The first kappa shape index (κ1) is 34.0. The molecule has 3 aromatic rings. The molecule has 0 radical (unpaired) electrons. The number of ether oxygens (including phenoxy) is 2. The number of anilines is 1. The number of alkyl halides is 3. The highest BCUT2D eigenvalue weighted by atomic mass is 32.1. The molecule has 45 heavy (non-hydrogen) atoms. The molecule has 0 saturated heterocycles. The summed E-state index contributed by atoms with van der Waals surface area (Å²) in [4.78, 5) is 40.5. The second-order valence-corrected chi connectivity index (χ2v) is 14.1. The summed E-state index contributed by atoms with van der Waals surface area (Å²) in [6.07, 6.45) is -4.14. The Morgan fingerprint density at radius 1 is 0.911 bits per heavy atom. The third-order valence-corrected chi connectivity index (χ3v) is 8.11. The first-order chi connectivity index (χ1) is 20.9. The molecule has 1 N–H and O–H groups in total. The lowest BCUT2D eigenvalue weighted by molar-refractivity contribution is -0.156. The van der Waals surface area contributed by atoms with Crippen molar-refractivity contribution >= 4 is 35.0 Å². The largest absolute Gasteiger partial charge is 0.460 e. The maximum absolute atomic E-state index is 13.8. The first-order valence-corrected chi connectivity index (χ1v) is 15.6. The molecule has 2 amide bonds. The van der Waals surface area contributed by atoms with Gasteiger partial charge in [0.2, 0.25) is 5.91 Å². The van der Waals surface area contributed by atoms with Gasteiger partial charge < -0.3 is 19.7 Å². The van der Waals surface area contributed by atoms with E-state index in [-0.39, 0.29) is 12.0 Å². The normalized spacial score (nSPS) is 14.1. The summed E-state index contributed by atoms with van der Waals surface area (Å²) in [6.45, 7) is 10.6. The summed E-state index contributed by atoms with van der Waals surface area (Å²) in [6, 6.07) is 14.6. The number of carbonyl (C=O) groups is 3. The number of rotatable bonds is 8. The molecule has 242 valence electrons. The molecule has 2 aromatic carbocycles. The fourth-order valence-electron chi connectivity index (χ4n) is 5.10. The molecule has 2 heterocycles. The van der Waals surface area contributed by atoms with Crippen molar-refractivity contribution in [3.05, 3.63) is 75.5 Å². The second kappa shape index (κ2) is 13.2. The number of carbonyl (C=O) groups excluding carboxylic acids is 3. The van der Waals surface area contributed by atoms with E-state index in [4.69, 9.17) is 9.47 Å². The molecule has 7 nitrogen and oxygen atoms in total. The van der Waals surface area contributed by atoms with E-state index in [1.165, 1.54) is 4.90 Å². The third-order valence-electron chi connectivity index (χ3n) is 6.87. The molecule has 1 aliphatic rings. The van der Waals surface area contributed by atoms with Crippen molar-refractivity contribution in [1.29, 1.82) is 0 Å². The van der Waals surface area contributed by atoms with Crippen LogP contribution in [-0.2, 0) is 44.5 Å². The molecular weight excluding hydrogens is 605 g/mol. The number of esters is 1. The predicted octanol–water partition coefficient (Wildman–Crippen LogP) is 7.73. The van der Waals surface area contributed by atoms with Crippen LogP contribution in [0.5, 0.6) is 0 Å². The van der Waals surface area contributed by atoms with Gasteiger partial charge in [0.1, 0.15) is 22.1 Å². The van der Waals surface area contributed by atoms with Crippen molar-refractivity contribution in [2.75, 3.05) is 11.4 Å². The highest BCUT2D eigenvalue weighted by molar-refractivity contribution is 7.12. The van der Waals surface area contributed by atoms with Gasteiger partial charge in [-0.05, 0) is 89.6 Å². The van der Waals surface area contributed by atoms with Gasteiger partial charge >= 0.3 is 18.2 Å². The van der Waals surface area contributed by atoms with Gasteiger partial charge in [-0.25, -0.2) is 4.79 Å². The molecule has 1 aliphatic heterocycles. The number of aryl methyl sites for hydroxylation is 2. The number of benzene rings is 2. The average molecular weight is 645 g/mol. The van der Waals surface area contributed by atoms with Crippen LogP contribution in [0.1, 0.15) is 68.8 Å². The van der Waals surface area contributed by atoms with E-state index in [0.717, 1.165) is 22.5 Å². The highest BCUT2D eigenvalue weighted by Crippen LogP contribution is 2.43. The molecule has 11 heteroatoms. The van der Waals surface area contributed by atoms with Crippen molar-refractivity contribution in [2.24, 2.45) is 0 Å². The number of hydrogen-bond donors (Lipinski definition) is 1. The maximum atomic E-state index is 13.8. The Hall–Kier alpha value is -3.86. The summed E-state index contributed by atoms with van der Waals surface area (Å²) < 4.78 is 52.2. The number of amides is 2. The fourth-order valence-corrected chi connectivity index (χ4v) is 6.15. The molecule has 0 fully saturated rings. The molecule has 0 saturated carbocycles. The van der Waals surface area contributed by atoms with Crippen molar-refractivity contribution in [3.8, 4) is 11.1 Å². The van der Waals surface area contributed by atoms with Crippen molar-refractivity contribution < 1.29 is 37.0 Å². The molecule has 0 bridgehead atoms. The van der Waals surface area contributed by atoms with Crippen LogP contribution in [0.2, 0.25) is 0 Å². The maximum Gasteiger partial charge on any atom is 0.426 e. The van der Waals surface area contributed by atoms with Gasteiger partial charge in [-0.1, -0.05) is 42.5 Å². The predicted molar refractivity (Wildman–Crippen MR) is 168 cm³/mol. The Morgan fingerprint density at radius 2 is 1.58 bits per heavy atom. The quantitative estimate of drug-likeness (QED) is 0.254. The van der Waals surface area contributed by atoms with Gasteiger partial charge in [0.15, 0.2) is 0 Å². The first-order valence-electron chi connectivity index (χ1n) is 14.8. The summed E-state index contributed by atoms with van der Waals surface area (Å²) in [5, 5.41) is 2.54. The molecule has 4 rings (SSSR count). The number of hydrogen-bond acceptors (Lipinski definition) is 6. The zero-order valence-corrected chi connectivity index (χ0v) is 27.2. The number of fused-ring (bicyclic) bond motifs is 1. The fraction of sp³-hybridized carbons (Fsp3) is 0.441. The van der Waals surface area contributed by atoms with E-state index in [9.17, 15) is 27.6 Å². The van der Waals surface area contributed by atoms with Crippen LogP contribution in [0.15, 0.2) is 54.6 Å². The van der Waals surface area contributed by atoms with Gasteiger partial charge in [-0.3, -0.25) is 9.59 Å². The Bertz CT molecular complexity index is 1510. The average Bonchev–Trinajstić information content (AvgIpc) is 3.54. The van der Waals surface area contributed by atoms with E-state index >= 15 is 0 Å². The van der Waals surface area contributed by atoms with Crippen LogP contribution < -0.4 is 10.2 Å². The monoisotopic (exact) mass is 644 g/mol. The van der Waals surface area contributed by atoms with Crippen LogP contribution in [0.3, 0.4) is 0 Å². The molecule has 0 spiro atoms. The number of alkyl carbamates (subject to hydrolysis) is 1. The molecular formula is C34H39F3N2O5S. The Kier molecular flexibility index (Phi) is 10.0. The number of nitrogens with zero attached hydrogens (tertiary/aromatic N) is 1. The van der Waals surface area contributed by atoms with Crippen molar-refractivity contribution in [3.63, 3.8) is 0 Å². The van der Waals surface area contributed by atoms with Crippen LogP contribution in [0.4, 0.5) is 23.7 Å². The number of nitrogens with one attached hydrogen (secondary N) is 1. The topological polar surface area (TPSA) is 84.9 Å². The van der Waals surface area contributed by atoms with E-state index < -0.39 is 46.3 Å². The zero-order valence-electron chi connectivity index (χ0n) is 26.3. The smallest absolute Gasteiger partial charge is 0.426 e. The molecule has 0 aliphatic carbocycles. The van der Waals surface area contributed by atoms with Gasteiger partial charge in [0, 0.05) is 22.7 Å². The lowest BCUT2D eigenvalue weighted by atomic mass is 10.0. The lowest BCUT2D eigenvalue weighted by Crippen LogP contribution is -2.50. The number of halogens is 3. The van der Waals surface area contributed by atoms with Gasteiger partial charge in [-0.2, -0.15) is 13.2 Å². The van der Waals surface area contributed by atoms with Gasteiger partial charge in [-0.15, -0.1) is 11.3 Å². The van der Waals surface area contributed by atoms with Crippen LogP contribution in [0.25, 0.3) is 11.1 Å². The Labute approximate surface area is 265 Å². The van der Waals surface area contributed by atoms with Crippen LogP contribution >= 0.6 is 11.3 Å². The minimum atomic E-state index is -4.45. The van der Waals surface area contributed by atoms with E-state index in [1.807, 2.05) is 12.1 Å². The zero-order chi connectivity index (χ0) is 33.2. The van der Waals surface area contributed by atoms with E-state index in [0.29, 0.717) is 41.9 Å². The van der Waals surface area contributed by atoms with Gasteiger partial charge in [0.25, 0.3) is 0 Å². The second-order valence-electron chi connectivity index (χ2n) is 13.0. The Morgan fingerprint density at radius 3 is 2.20 bits per heavy atom. The third kappa shape index (κ3) is 9.32. The van der Waals surface area contributed by atoms with Gasteiger partial charge in [0.05, 0.1) is 6.42 Å². The highest BCUT2D eigenvalue weighted by Gasteiger charge is 2.37. The minimum absolute atomic E-state index is 0.187. The van der Waals surface area contributed by atoms with Crippen LogP contribution in [0, 0.1) is 0 Å². The molecule has 1 atom stereocenters. The van der Waals surface area contributed by atoms with Crippen molar-refractivity contribution in [1.82, 2.24) is 5.32 Å². The minimum Gasteiger partial charge on any atom is -0.460 e. The summed E-state index contributed by atoms with van der Waals surface area (Å²) in [5.41, 5.74) is 1.64. The molecule has 1 aromatic heterocycles. The molecule has 0 unspecified atom stereocenters. The number of thiophene rings is 1.